The highest BCUT2D eigenvalue weighted by molar-refractivity contribution is 5.81. The number of carbonyl (C=O) groups is 1. The fraction of sp³-hybridized carbons (Fsp3) is 0.900. The van der Waals surface area contributed by atoms with E-state index in [0.717, 1.165) is 19.3 Å². The molecule has 0 aliphatic heterocycles. The Labute approximate surface area is 90.0 Å². The Hall–Kier alpha value is -0.650. The zero-order valence-electron chi connectivity index (χ0n) is 9.11. The number of hydrogen-bond donors (Lipinski definition) is 3. The molecule has 0 aromatic heterocycles. The zero-order chi connectivity index (χ0) is 11.3. The zero-order valence-corrected chi connectivity index (χ0v) is 9.11. The van der Waals surface area contributed by atoms with Crippen LogP contribution in [-0.4, -0.2) is 42.9 Å². The summed E-state index contributed by atoms with van der Waals surface area (Å²) in [7, 11) is 1.47. The Morgan fingerprint density at radius 3 is 2.93 bits per heavy atom. The molecule has 1 aliphatic rings. The van der Waals surface area contributed by atoms with E-state index >= 15 is 0 Å². The summed E-state index contributed by atoms with van der Waals surface area (Å²) in [6, 6.07) is 0.0606. The van der Waals surface area contributed by atoms with Crippen molar-refractivity contribution < 1.29 is 14.6 Å². The van der Waals surface area contributed by atoms with Crippen LogP contribution < -0.4 is 11.1 Å². The highest BCUT2D eigenvalue weighted by Crippen LogP contribution is 2.18. The van der Waals surface area contributed by atoms with Crippen molar-refractivity contribution in [3.8, 4) is 0 Å². The predicted octanol–water partition coefficient (Wildman–Crippen LogP) is -0.620. The number of aliphatic hydroxyl groups is 1. The lowest BCUT2D eigenvalue weighted by Gasteiger charge is -2.27. The van der Waals surface area contributed by atoms with Crippen LogP contribution in [0.2, 0.25) is 0 Å². The molecule has 5 heteroatoms. The van der Waals surface area contributed by atoms with Crippen molar-refractivity contribution in [3.63, 3.8) is 0 Å². The maximum Gasteiger partial charge on any atom is 0.250 e. The second kappa shape index (κ2) is 6.05. The van der Waals surface area contributed by atoms with Gasteiger partial charge in [0.25, 0.3) is 5.91 Å². The Morgan fingerprint density at radius 1 is 1.67 bits per heavy atom. The van der Waals surface area contributed by atoms with E-state index in [4.69, 9.17) is 10.5 Å². The van der Waals surface area contributed by atoms with Crippen LogP contribution in [0.4, 0.5) is 0 Å². The maximum absolute atomic E-state index is 11.6. The minimum atomic E-state index is -0.580. The molecular weight excluding hydrogens is 196 g/mol. The lowest BCUT2D eigenvalue weighted by atomic mass is 9.93. The molecule has 5 nitrogen and oxygen atoms in total. The lowest BCUT2D eigenvalue weighted by Crippen LogP contribution is -2.47. The average molecular weight is 216 g/mol. The molecule has 0 spiro atoms. The van der Waals surface area contributed by atoms with Gasteiger partial charge in [0.1, 0.15) is 6.10 Å². The van der Waals surface area contributed by atoms with Crippen molar-refractivity contribution in [2.24, 2.45) is 5.73 Å². The molecule has 0 heterocycles. The number of carbonyl (C=O) groups excluding carboxylic acids is 1. The SMILES string of the molecule is COC(CN)C(=O)NC1CCCC(O)C1. The summed E-state index contributed by atoms with van der Waals surface area (Å²) >= 11 is 0. The van der Waals surface area contributed by atoms with E-state index in [0.29, 0.717) is 6.42 Å². The molecular formula is C10H20N2O3. The first-order chi connectivity index (χ1) is 7.17. The number of rotatable bonds is 4. The van der Waals surface area contributed by atoms with E-state index in [1.54, 1.807) is 0 Å². The van der Waals surface area contributed by atoms with Crippen LogP contribution in [0, 0.1) is 0 Å². The third kappa shape index (κ3) is 3.77. The highest BCUT2D eigenvalue weighted by Gasteiger charge is 2.24. The quantitative estimate of drug-likeness (QED) is 0.584. The second-order valence-corrected chi connectivity index (χ2v) is 3.99. The first-order valence-corrected chi connectivity index (χ1v) is 5.38. The summed E-state index contributed by atoms with van der Waals surface area (Å²) in [5.74, 6) is -0.181. The largest absolute Gasteiger partial charge is 0.393 e. The van der Waals surface area contributed by atoms with Crippen molar-refractivity contribution in [3.05, 3.63) is 0 Å². The van der Waals surface area contributed by atoms with Crippen LogP contribution in [0.1, 0.15) is 25.7 Å². The first kappa shape index (κ1) is 12.4. The van der Waals surface area contributed by atoms with E-state index in [-0.39, 0.29) is 24.6 Å². The molecule has 15 heavy (non-hydrogen) atoms. The molecule has 0 aromatic carbocycles. The predicted molar refractivity (Wildman–Crippen MR) is 56.3 cm³/mol. The lowest BCUT2D eigenvalue weighted by molar-refractivity contribution is -0.131. The highest BCUT2D eigenvalue weighted by atomic mass is 16.5. The van der Waals surface area contributed by atoms with E-state index in [9.17, 15) is 9.90 Å². The van der Waals surface area contributed by atoms with Gasteiger partial charge in [-0.15, -0.1) is 0 Å². The number of aliphatic hydroxyl groups excluding tert-OH is 1. The van der Waals surface area contributed by atoms with Gasteiger partial charge in [0.15, 0.2) is 0 Å². The topological polar surface area (TPSA) is 84.6 Å². The molecule has 0 aromatic rings. The molecule has 0 bridgehead atoms. The summed E-state index contributed by atoms with van der Waals surface area (Å²) < 4.78 is 4.93. The summed E-state index contributed by atoms with van der Waals surface area (Å²) in [5.41, 5.74) is 5.38. The smallest absolute Gasteiger partial charge is 0.250 e. The molecule has 88 valence electrons. The molecule has 0 saturated heterocycles. The second-order valence-electron chi connectivity index (χ2n) is 3.99. The van der Waals surface area contributed by atoms with Crippen LogP contribution in [0.15, 0.2) is 0 Å². The third-order valence-electron chi connectivity index (χ3n) is 2.78. The van der Waals surface area contributed by atoms with Gasteiger partial charge in [0.05, 0.1) is 6.10 Å². The monoisotopic (exact) mass is 216 g/mol. The third-order valence-corrected chi connectivity index (χ3v) is 2.78. The van der Waals surface area contributed by atoms with Gasteiger partial charge >= 0.3 is 0 Å². The fourth-order valence-corrected chi connectivity index (χ4v) is 1.90. The van der Waals surface area contributed by atoms with Gasteiger partial charge in [-0.05, 0) is 25.7 Å². The van der Waals surface area contributed by atoms with Gasteiger partial charge in [0.2, 0.25) is 0 Å². The molecule has 1 fully saturated rings. The van der Waals surface area contributed by atoms with Crippen molar-refractivity contribution in [2.75, 3.05) is 13.7 Å². The molecule has 3 unspecified atom stereocenters. The van der Waals surface area contributed by atoms with Crippen LogP contribution >= 0.6 is 0 Å². The van der Waals surface area contributed by atoms with Crippen molar-refractivity contribution in [1.82, 2.24) is 5.32 Å². The fourth-order valence-electron chi connectivity index (χ4n) is 1.90. The van der Waals surface area contributed by atoms with Crippen LogP contribution in [-0.2, 0) is 9.53 Å². The molecule has 1 amide bonds. The number of hydrogen-bond acceptors (Lipinski definition) is 4. The van der Waals surface area contributed by atoms with Gasteiger partial charge in [-0.3, -0.25) is 4.79 Å². The maximum atomic E-state index is 11.6. The minimum Gasteiger partial charge on any atom is -0.393 e. The first-order valence-electron chi connectivity index (χ1n) is 5.38. The van der Waals surface area contributed by atoms with Gasteiger partial charge in [-0.1, -0.05) is 0 Å². The van der Waals surface area contributed by atoms with Gasteiger partial charge < -0.3 is 20.9 Å². The molecule has 3 atom stereocenters. The van der Waals surface area contributed by atoms with E-state index < -0.39 is 6.10 Å². The summed E-state index contributed by atoms with van der Waals surface area (Å²) in [6.07, 6.45) is 2.46. The average Bonchev–Trinajstić information content (AvgIpc) is 2.19. The van der Waals surface area contributed by atoms with Crippen molar-refractivity contribution in [2.45, 2.75) is 43.9 Å². The number of nitrogens with one attached hydrogen (secondary N) is 1. The van der Waals surface area contributed by atoms with Crippen LogP contribution in [0.5, 0.6) is 0 Å². The Balaban J connectivity index is 2.36. The van der Waals surface area contributed by atoms with Crippen LogP contribution in [0.3, 0.4) is 0 Å². The van der Waals surface area contributed by atoms with Gasteiger partial charge in [-0.25, -0.2) is 0 Å². The Bertz CT molecular complexity index is 207. The Morgan fingerprint density at radius 2 is 2.40 bits per heavy atom. The summed E-state index contributed by atoms with van der Waals surface area (Å²) in [6.45, 7) is 0.178. The number of nitrogens with two attached hydrogens (primary N) is 1. The standard InChI is InChI=1S/C10H20N2O3/c1-15-9(6-11)10(14)12-7-3-2-4-8(13)5-7/h7-9,13H,2-6,11H2,1H3,(H,12,14). The van der Waals surface area contributed by atoms with E-state index in [1.807, 2.05) is 0 Å². The van der Waals surface area contributed by atoms with E-state index in [2.05, 4.69) is 5.32 Å². The normalized spacial score (nSPS) is 28.5. The van der Waals surface area contributed by atoms with Crippen LogP contribution in [0.25, 0.3) is 0 Å². The van der Waals surface area contributed by atoms with E-state index in [1.165, 1.54) is 7.11 Å². The van der Waals surface area contributed by atoms with Gasteiger partial charge in [0, 0.05) is 19.7 Å². The van der Waals surface area contributed by atoms with Crippen molar-refractivity contribution >= 4 is 5.91 Å². The molecule has 1 rings (SSSR count). The number of amides is 1. The minimum absolute atomic E-state index is 0.0606. The number of ether oxygens (including phenoxy) is 1. The van der Waals surface area contributed by atoms with Gasteiger partial charge in [-0.2, -0.15) is 0 Å². The molecule has 1 saturated carbocycles. The summed E-state index contributed by atoms with van der Waals surface area (Å²) in [5, 5.41) is 12.3. The molecule has 0 radical (unpaired) electrons. The molecule has 1 aliphatic carbocycles. The number of methoxy groups -OCH3 is 1. The molecule has 4 N–H and O–H groups in total. The summed E-state index contributed by atoms with van der Waals surface area (Å²) in [4.78, 5) is 11.6. The van der Waals surface area contributed by atoms with Crippen molar-refractivity contribution in [1.29, 1.82) is 0 Å². The Kier molecular flexibility index (Phi) is 5.01.